The summed E-state index contributed by atoms with van der Waals surface area (Å²) in [6, 6.07) is 9.77. The average molecular weight is 187 g/mol. The molecule has 0 bridgehead atoms. The molecule has 1 N–H and O–H groups in total. The van der Waals surface area contributed by atoms with Crippen molar-refractivity contribution in [1.29, 1.82) is 5.26 Å². The topological polar surface area (TPSA) is 44.0 Å². The van der Waals surface area contributed by atoms with Crippen LogP contribution < -0.4 is 0 Å². The molecule has 72 valence electrons. The highest BCUT2D eigenvalue weighted by Gasteiger charge is 2.39. The van der Waals surface area contributed by atoms with Gasteiger partial charge in [-0.1, -0.05) is 18.2 Å². The van der Waals surface area contributed by atoms with E-state index in [0.29, 0.717) is 0 Å². The Bertz CT molecular complexity index is 374. The first-order chi connectivity index (χ1) is 6.73. The zero-order valence-corrected chi connectivity index (χ0v) is 8.03. The fraction of sp³-hybridized carbons (Fsp3) is 0.417. The minimum atomic E-state index is -0.414. The number of nitriles is 1. The number of rotatable bonds is 3. The Hall–Kier alpha value is -1.33. The van der Waals surface area contributed by atoms with Crippen molar-refractivity contribution in [2.24, 2.45) is 0 Å². The third kappa shape index (κ3) is 1.94. The smallest absolute Gasteiger partial charge is 0.0994 e. The van der Waals surface area contributed by atoms with Gasteiger partial charge in [0.1, 0.15) is 0 Å². The van der Waals surface area contributed by atoms with E-state index >= 15 is 0 Å². The zero-order chi connectivity index (χ0) is 10.0. The van der Waals surface area contributed by atoms with Gasteiger partial charge in [0.25, 0.3) is 0 Å². The van der Waals surface area contributed by atoms with Gasteiger partial charge in [0.2, 0.25) is 0 Å². The molecular formula is C12H13NO. The fourth-order valence-corrected chi connectivity index (χ4v) is 1.61. The summed E-state index contributed by atoms with van der Waals surface area (Å²) in [5, 5.41) is 18.5. The molecule has 1 aliphatic rings. The lowest BCUT2D eigenvalue weighted by atomic mass is 10.0. The van der Waals surface area contributed by atoms with Gasteiger partial charge in [-0.15, -0.1) is 0 Å². The Morgan fingerprint density at radius 2 is 2.07 bits per heavy atom. The molecule has 1 aromatic carbocycles. The Morgan fingerprint density at radius 1 is 1.36 bits per heavy atom. The second kappa shape index (κ2) is 3.43. The van der Waals surface area contributed by atoms with E-state index in [2.05, 4.69) is 6.07 Å². The molecule has 0 spiro atoms. The van der Waals surface area contributed by atoms with Crippen LogP contribution in [0.1, 0.15) is 30.4 Å². The van der Waals surface area contributed by atoms with Gasteiger partial charge in [0.15, 0.2) is 0 Å². The number of aliphatic hydroxyl groups is 1. The number of aryl methyl sites for hydroxylation is 1. The molecule has 0 radical (unpaired) electrons. The summed E-state index contributed by atoms with van der Waals surface area (Å²) < 4.78 is 0. The number of nitrogens with zero attached hydrogens (tertiary/aromatic N) is 1. The summed E-state index contributed by atoms with van der Waals surface area (Å²) in [6.45, 7) is 0. The van der Waals surface area contributed by atoms with Gasteiger partial charge >= 0.3 is 0 Å². The van der Waals surface area contributed by atoms with Crippen molar-refractivity contribution in [2.75, 3.05) is 0 Å². The van der Waals surface area contributed by atoms with E-state index in [1.54, 1.807) is 0 Å². The zero-order valence-electron chi connectivity index (χ0n) is 8.03. The quantitative estimate of drug-likeness (QED) is 0.786. The maximum atomic E-state index is 9.67. The second-order valence-corrected chi connectivity index (χ2v) is 3.99. The molecule has 1 aliphatic carbocycles. The largest absolute Gasteiger partial charge is 0.390 e. The number of hydrogen-bond acceptors (Lipinski definition) is 2. The molecule has 0 atom stereocenters. The lowest BCUT2D eigenvalue weighted by Crippen LogP contribution is -2.08. The van der Waals surface area contributed by atoms with Gasteiger partial charge in [0, 0.05) is 0 Å². The van der Waals surface area contributed by atoms with Crippen molar-refractivity contribution in [2.45, 2.75) is 31.3 Å². The molecule has 1 saturated carbocycles. The standard InChI is InChI=1S/C12H13NO/c13-9-11-4-2-1-3-10(11)5-6-12(14)7-8-12/h1-4,14H,5-8H2. The van der Waals surface area contributed by atoms with Gasteiger partial charge in [-0.25, -0.2) is 0 Å². The molecule has 14 heavy (non-hydrogen) atoms. The monoisotopic (exact) mass is 187 g/mol. The van der Waals surface area contributed by atoms with E-state index in [9.17, 15) is 5.11 Å². The molecule has 0 aliphatic heterocycles. The Morgan fingerprint density at radius 3 is 2.71 bits per heavy atom. The first kappa shape index (κ1) is 9.23. The van der Waals surface area contributed by atoms with E-state index in [1.165, 1.54) is 0 Å². The maximum absolute atomic E-state index is 9.67. The molecule has 0 amide bonds. The molecule has 0 aromatic heterocycles. The lowest BCUT2D eigenvalue weighted by Gasteiger charge is -2.07. The first-order valence-corrected chi connectivity index (χ1v) is 4.94. The summed E-state index contributed by atoms with van der Waals surface area (Å²) in [6.07, 6.45) is 3.43. The van der Waals surface area contributed by atoms with Crippen molar-refractivity contribution in [3.05, 3.63) is 35.4 Å². The summed E-state index contributed by atoms with van der Waals surface area (Å²) >= 11 is 0. The SMILES string of the molecule is N#Cc1ccccc1CCC1(O)CC1. The van der Waals surface area contributed by atoms with Crippen molar-refractivity contribution < 1.29 is 5.11 Å². The molecule has 1 fully saturated rings. The Kier molecular flexibility index (Phi) is 2.26. The summed E-state index contributed by atoms with van der Waals surface area (Å²) in [5.74, 6) is 0. The van der Waals surface area contributed by atoms with Crippen LogP contribution in [0.2, 0.25) is 0 Å². The number of hydrogen-bond donors (Lipinski definition) is 1. The summed E-state index contributed by atoms with van der Waals surface area (Å²) in [7, 11) is 0. The van der Waals surface area contributed by atoms with Crippen LogP contribution in [0.15, 0.2) is 24.3 Å². The normalized spacial score (nSPS) is 17.4. The van der Waals surface area contributed by atoms with Crippen LogP contribution in [-0.2, 0) is 6.42 Å². The number of benzene rings is 1. The highest BCUT2D eigenvalue weighted by molar-refractivity contribution is 5.37. The van der Waals surface area contributed by atoms with E-state index in [-0.39, 0.29) is 0 Å². The lowest BCUT2D eigenvalue weighted by molar-refractivity contribution is 0.140. The third-order valence-corrected chi connectivity index (χ3v) is 2.82. The average Bonchev–Trinajstić information content (AvgIpc) is 2.95. The fourth-order valence-electron chi connectivity index (χ4n) is 1.61. The van der Waals surface area contributed by atoms with E-state index in [1.807, 2.05) is 24.3 Å². The highest BCUT2D eigenvalue weighted by Crippen LogP contribution is 2.39. The van der Waals surface area contributed by atoms with Crippen LogP contribution in [0, 0.1) is 11.3 Å². The van der Waals surface area contributed by atoms with Gasteiger partial charge in [-0.3, -0.25) is 0 Å². The van der Waals surface area contributed by atoms with Gasteiger partial charge < -0.3 is 5.11 Å². The Labute approximate surface area is 83.8 Å². The molecule has 2 heteroatoms. The molecule has 0 unspecified atom stereocenters. The molecule has 1 aromatic rings. The second-order valence-electron chi connectivity index (χ2n) is 3.99. The van der Waals surface area contributed by atoms with Crippen LogP contribution in [0.5, 0.6) is 0 Å². The van der Waals surface area contributed by atoms with E-state index in [0.717, 1.165) is 36.8 Å². The molecule has 2 rings (SSSR count). The van der Waals surface area contributed by atoms with Crippen LogP contribution >= 0.6 is 0 Å². The van der Waals surface area contributed by atoms with E-state index in [4.69, 9.17) is 5.26 Å². The maximum Gasteiger partial charge on any atom is 0.0994 e. The van der Waals surface area contributed by atoms with Crippen LogP contribution in [0.3, 0.4) is 0 Å². The van der Waals surface area contributed by atoms with Crippen molar-refractivity contribution in [3.8, 4) is 6.07 Å². The van der Waals surface area contributed by atoms with Crippen LogP contribution in [0.25, 0.3) is 0 Å². The highest BCUT2D eigenvalue weighted by atomic mass is 16.3. The summed E-state index contributed by atoms with van der Waals surface area (Å²) in [4.78, 5) is 0. The minimum Gasteiger partial charge on any atom is -0.390 e. The van der Waals surface area contributed by atoms with Gasteiger partial charge in [-0.2, -0.15) is 5.26 Å². The molecule has 0 saturated heterocycles. The van der Waals surface area contributed by atoms with Crippen LogP contribution in [-0.4, -0.2) is 10.7 Å². The minimum absolute atomic E-state index is 0.414. The molecule has 2 nitrogen and oxygen atoms in total. The van der Waals surface area contributed by atoms with Crippen LogP contribution in [0.4, 0.5) is 0 Å². The molecular weight excluding hydrogens is 174 g/mol. The van der Waals surface area contributed by atoms with E-state index < -0.39 is 5.60 Å². The van der Waals surface area contributed by atoms with Crippen molar-refractivity contribution in [1.82, 2.24) is 0 Å². The van der Waals surface area contributed by atoms with Crippen molar-refractivity contribution >= 4 is 0 Å². The Balaban J connectivity index is 2.05. The van der Waals surface area contributed by atoms with Crippen molar-refractivity contribution in [3.63, 3.8) is 0 Å². The van der Waals surface area contributed by atoms with Gasteiger partial charge in [-0.05, 0) is 37.3 Å². The predicted molar refractivity (Wildman–Crippen MR) is 53.7 cm³/mol. The molecule has 0 heterocycles. The summed E-state index contributed by atoms with van der Waals surface area (Å²) in [5.41, 5.74) is 1.37. The third-order valence-electron chi connectivity index (χ3n) is 2.82. The predicted octanol–water partition coefficient (Wildman–Crippen LogP) is 2.02. The first-order valence-electron chi connectivity index (χ1n) is 4.94. The van der Waals surface area contributed by atoms with Gasteiger partial charge in [0.05, 0.1) is 17.2 Å².